The molecule has 0 saturated carbocycles. The maximum atomic E-state index is 12.5. The van der Waals surface area contributed by atoms with E-state index in [0.717, 1.165) is 11.1 Å². The van der Waals surface area contributed by atoms with Gasteiger partial charge in [-0.15, -0.1) is 0 Å². The van der Waals surface area contributed by atoms with Gasteiger partial charge in [-0.2, -0.15) is 0 Å². The lowest BCUT2D eigenvalue weighted by molar-refractivity contribution is 0.0934. The van der Waals surface area contributed by atoms with E-state index in [1.54, 1.807) is 13.2 Å². The zero-order valence-electron chi connectivity index (χ0n) is 12.3. The molecule has 0 aliphatic heterocycles. The summed E-state index contributed by atoms with van der Waals surface area (Å²) in [6, 6.07) is 15.0. The molecule has 1 amide bonds. The smallest absolute Gasteiger partial charge is 0.255 e. The Morgan fingerprint density at radius 3 is 2.57 bits per heavy atom. The molecule has 4 nitrogen and oxygen atoms in total. The Morgan fingerprint density at radius 1 is 1.24 bits per heavy atom. The Labute approximate surface area is 124 Å². The molecule has 1 atom stereocenters. The minimum absolute atomic E-state index is 0.185. The molecule has 21 heavy (non-hydrogen) atoms. The van der Waals surface area contributed by atoms with Crippen LogP contribution in [0.2, 0.25) is 0 Å². The van der Waals surface area contributed by atoms with E-state index in [0.29, 0.717) is 17.9 Å². The van der Waals surface area contributed by atoms with Gasteiger partial charge in [-0.1, -0.05) is 42.0 Å². The van der Waals surface area contributed by atoms with Crippen molar-refractivity contribution >= 4 is 5.91 Å². The first kappa shape index (κ1) is 15.1. The van der Waals surface area contributed by atoms with Crippen LogP contribution >= 0.6 is 0 Å². The number of carbonyl (C=O) groups is 1. The molecule has 2 aromatic carbocycles. The Morgan fingerprint density at radius 2 is 1.95 bits per heavy atom. The number of ether oxygens (including phenoxy) is 1. The lowest BCUT2D eigenvalue weighted by Gasteiger charge is -2.18. The summed E-state index contributed by atoms with van der Waals surface area (Å²) in [6.45, 7) is 2.28. The molecule has 4 heteroatoms. The van der Waals surface area contributed by atoms with Gasteiger partial charge in [0.2, 0.25) is 0 Å². The Hall–Kier alpha value is -2.33. The third-order valence-corrected chi connectivity index (χ3v) is 3.34. The van der Waals surface area contributed by atoms with Gasteiger partial charge in [-0.05, 0) is 24.6 Å². The van der Waals surface area contributed by atoms with Crippen molar-refractivity contribution in [3.05, 3.63) is 65.2 Å². The lowest BCUT2D eigenvalue weighted by Crippen LogP contribution is -2.33. The SMILES string of the molecule is COc1ccc(C)cc1C(=O)NC(CN)c1ccccc1. The van der Waals surface area contributed by atoms with Crippen LogP contribution in [0.1, 0.15) is 27.5 Å². The van der Waals surface area contributed by atoms with Gasteiger partial charge in [0.25, 0.3) is 5.91 Å². The molecular formula is C17H20N2O2. The van der Waals surface area contributed by atoms with Crippen LogP contribution in [0.5, 0.6) is 5.75 Å². The average Bonchev–Trinajstić information content (AvgIpc) is 2.53. The standard InChI is InChI=1S/C17H20N2O2/c1-12-8-9-16(21-2)14(10-12)17(20)19-15(11-18)13-6-4-3-5-7-13/h3-10,15H,11,18H2,1-2H3,(H,19,20). The van der Waals surface area contributed by atoms with Crippen LogP contribution in [0.3, 0.4) is 0 Å². The van der Waals surface area contributed by atoms with Gasteiger partial charge in [0, 0.05) is 6.54 Å². The van der Waals surface area contributed by atoms with Crippen LogP contribution < -0.4 is 15.8 Å². The largest absolute Gasteiger partial charge is 0.496 e. The summed E-state index contributed by atoms with van der Waals surface area (Å²) in [6.07, 6.45) is 0. The predicted octanol–water partition coefficient (Wildman–Crippen LogP) is 2.43. The number of aryl methyl sites for hydroxylation is 1. The number of hydrogen-bond donors (Lipinski definition) is 2. The Kier molecular flexibility index (Phi) is 4.95. The van der Waals surface area contributed by atoms with Gasteiger partial charge in [0.15, 0.2) is 0 Å². The number of methoxy groups -OCH3 is 1. The van der Waals surface area contributed by atoms with Gasteiger partial charge < -0.3 is 15.8 Å². The van der Waals surface area contributed by atoms with E-state index >= 15 is 0 Å². The normalized spacial score (nSPS) is 11.8. The maximum Gasteiger partial charge on any atom is 0.255 e. The summed E-state index contributed by atoms with van der Waals surface area (Å²) in [5.41, 5.74) is 8.30. The fraction of sp³-hybridized carbons (Fsp3) is 0.235. The van der Waals surface area contributed by atoms with E-state index < -0.39 is 0 Å². The van der Waals surface area contributed by atoms with Crippen LogP contribution in [0.15, 0.2) is 48.5 Å². The van der Waals surface area contributed by atoms with Crippen molar-refractivity contribution in [3.63, 3.8) is 0 Å². The molecule has 2 rings (SSSR count). The molecule has 0 bridgehead atoms. The first-order valence-electron chi connectivity index (χ1n) is 6.86. The second-order valence-corrected chi connectivity index (χ2v) is 4.88. The Balaban J connectivity index is 2.22. The summed E-state index contributed by atoms with van der Waals surface area (Å²) in [5, 5.41) is 2.96. The third kappa shape index (κ3) is 3.61. The molecule has 0 aliphatic rings. The molecule has 1 unspecified atom stereocenters. The quantitative estimate of drug-likeness (QED) is 0.886. The van der Waals surface area contributed by atoms with Gasteiger partial charge in [0.05, 0.1) is 18.7 Å². The van der Waals surface area contributed by atoms with Crippen LogP contribution in [0.25, 0.3) is 0 Å². The highest BCUT2D eigenvalue weighted by atomic mass is 16.5. The average molecular weight is 284 g/mol. The Bertz CT molecular complexity index is 611. The predicted molar refractivity (Wildman–Crippen MR) is 83.4 cm³/mol. The summed E-state index contributed by atoms with van der Waals surface area (Å²) in [5.74, 6) is 0.372. The van der Waals surface area contributed by atoms with E-state index in [-0.39, 0.29) is 11.9 Å². The van der Waals surface area contributed by atoms with Crippen LogP contribution in [0, 0.1) is 6.92 Å². The van der Waals surface area contributed by atoms with E-state index in [9.17, 15) is 4.79 Å². The van der Waals surface area contributed by atoms with E-state index in [1.165, 1.54) is 0 Å². The molecule has 0 spiro atoms. The summed E-state index contributed by atoms with van der Waals surface area (Å²) in [7, 11) is 1.55. The fourth-order valence-electron chi connectivity index (χ4n) is 2.20. The zero-order valence-corrected chi connectivity index (χ0v) is 12.3. The summed E-state index contributed by atoms with van der Waals surface area (Å²) < 4.78 is 5.25. The molecular weight excluding hydrogens is 264 g/mol. The minimum atomic E-state index is -0.219. The highest BCUT2D eigenvalue weighted by Crippen LogP contribution is 2.21. The number of benzene rings is 2. The molecule has 110 valence electrons. The van der Waals surface area contributed by atoms with Crippen LogP contribution in [0.4, 0.5) is 0 Å². The third-order valence-electron chi connectivity index (χ3n) is 3.34. The molecule has 2 aromatic rings. The number of rotatable bonds is 5. The number of carbonyl (C=O) groups excluding carboxylic acids is 1. The number of nitrogens with one attached hydrogen (secondary N) is 1. The monoisotopic (exact) mass is 284 g/mol. The van der Waals surface area contributed by atoms with E-state index in [1.807, 2.05) is 49.4 Å². The van der Waals surface area contributed by atoms with Crippen molar-refractivity contribution in [2.24, 2.45) is 5.73 Å². The molecule has 0 radical (unpaired) electrons. The van der Waals surface area contributed by atoms with Crippen molar-refractivity contribution in [1.29, 1.82) is 0 Å². The number of nitrogens with two attached hydrogens (primary N) is 1. The molecule has 0 aromatic heterocycles. The minimum Gasteiger partial charge on any atom is -0.496 e. The van der Waals surface area contributed by atoms with Crippen LogP contribution in [-0.2, 0) is 0 Å². The first-order chi connectivity index (χ1) is 10.2. The molecule has 3 N–H and O–H groups in total. The lowest BCUT2D eigenvalue weighted by atomic mass is 10.1. The van der Waals surface area contributed by atoms with Crippen molar-refractivity contribution < 1.29 is 9.53 Å². The summed E-state index contributed by atoms with van der Waals surface area (Å²) >= 11 is 0. The van der Waals surface area contributed by atoms with Gasteiger partial charge in [0.1, 0.15) is 5.75 Å². The van der Waals surface area contributed by atoms with Gasteiger partial charge in [-0.3, -0.25) is 4.79 Å². The number of amides is 1. The second-order valence-electron chi connectivity index (χ2n) is 4.88. The van der Waals surface area contributed by atoms with E-state index in [4.69, 9.17) is 10.5 Å². The maximum absolute atomic E-state index is 12.5. The van der Waals surface area contributed by atoms with E-state index in [2.05, 4.69) is 5.32 Å². The van der Waals surface area contributed by atoms with Crippen molar-refractivity contribution in [3.8, 4) is 5.75 Å². The molecule has 0 heterocycles. The first-order valence-corrected chi connectivity index (χ1v) is 6.86. The van der Waals surface area contributed by atoms with Crippen molar-refractivity contribution in [1.82, 2.24) is 5.32 Å². The number of hydrogen-bond acceptors (Lipinski definition) is 3. The van der Waals surface area contributed by atoms with Crippen LogP contribution in [-0.4, -0.2) is 19.6 Å². The zero-order chi connectivity index (χ0) is 15.2. The summed E-state index contributed by atoms with van der Waals surface area (Å²) in [4.78, 5) is 12.5. The highest BCUT2D eigenvalue weighted by molar-refractivity contribution is 5.97. The molecule has 0 aliphatic carbocycles. The fourth-order valence-corrected chi connectivity index (χ4v) is 2.20. The van der Waals surface area contributed by atoms with Gasteiger partial charge in [-0.25, -0.2) is 0 Å². The van der Waals surface area contributed by atoms with Gasteiger partial charge >= 0.3 is 0 Å². The second kappa shape index (κ2) is 6.90. The van der Waals surface area contributed by atoms with Crippen molar-refractivity contribution in [2.75, 3.05) is 13.7 Å². The molecule has 0 saturated heterocycles. The topological polar surface area (TPSA) is 64.3 Å². The highest BCUT2D eigenvalue weighted by Gasteiger charge is 2.17. The molecule has 0 fully saturated rings. The van der Waals surface area contributed by atoms with Crippen molar-refractivity contribution in [2.45, 2.75) is 13.0 Å².